The maximum absolute atomic E-state index is 12.4. The van der Waals surface area contributed by atoms with Crippen molar-refractivity contribution in [3.63, 3.8) is 0 Å². The minimum absolute atomic E-state index is 0.0377. The number of carbonyl (C=O) groups excluding carboxylic acids is 1. The summed E-state index contributed by atoms with van der Waals surface area (Å²) >= 11 is 0. The third kappa shape index (κ3) is 2.69. The number of rotatable bonds is 2. The molecule has 2 heterocycles. The van der Waals surface area contributed by atoms with E-state index < -0.39 is 0 Å². The van der Waals surface area contributed by atoms with E-state index in [4.69, 9.17) is 5.73 Å². The van der Waals surface area contributed by atoms with Crippen LogP contribution in [0.1, 0.15) is 52.9 Å². The van der Waals surface area contributed by atoms with Crippen molar-refractivity contribution < 1.29 is 9.90 Å². The van der Waals surface area contributed by atoms with Crippen molar-refractivity contribution in [1.29, 1.82) is 0 Å². The molecule has 104 valence electrons. The van der Waals surface area contributed by atoms with E-state index in [0.717, 1.165) is 25.7 Å². The van der Waals surface area contributed by atoms with Crippen LogP contribution in [0.5, 0.6) is 0 Å². The molecule has 0 aromatic heterocycles. The lowest BCUT2D eigenvalue weighted by molar-refractivity contribution is -0.138. The first-order valence-corrected chi connectivity index (χ1v) is 7.04. The first-order chi connectivity index (χ1) is 8.29. The highest BCUT2D eigenvalue weighted by atomic mass is 16.3. The lowest BCUT2D eigenvalue weighted by Gasteiger charge is -2.38. The van der Waals surface area contributed by atoms with E-state index in [0.29, 0.717) is 6.42 Å². The summed E-state index contributed by atoms with van der Waals surface area (Å²) in [6, 6.07) is 0.396. The number of hydrogen-bond donors (Lipinski definition) is 2. The Morgan fingerprint density at radius 1 is 1.33 bits per heavy atom. The van der Waals surface area contributed by atoms with Gasteiger partial charge in [0.1, 0.15) is 0 Å². The van der Waals surface area contributed by atoms with Crippen LogP contribution in [0, 0.1) is 5.41 Å². The number of aliphatic hydroxyl groups is 1. The SMILES string of the molecule is CC(C)(C)C(N)CC(=O)N1C2CCC1CC(O)C2. The van der Waals surface area contributed by atoms with Crippen LogP contribution in [0.3, 0.4) is 0 Å². The van der Waals surface area contributed by atoms with Gasteiger partial charge in [0, 0.05) is 24.5 Å². The normalized spacial score (nSPS) is 33.6. The van der Waals surface area contributed by atoms with Crippen molar-refractivity contribution in [2.75, 3.05) is 0 Å². The molecule has 3 N–H and O–H groups in total. The Morgan fingerprint density at radius 3 is 2.28 bits per heavy atom. The summed E-state index contributed by atoms with van der Waals surface area (Å²) in [6.07, 6.45) is 3.77. The molecular weight excluding hydrogens is 228 g/mol. The van der Waals surface area contributed by atoms with E-state index >= 15 is 0 Å². The number of hydrogen-bond acceptors (Lipinski definition) is 3. The maximum atomic E-state index is 12.4. The third-order valence-corrected chi connectivity index (χ3v) is 4.50. The molecule has 2 aliphatic rings. The summed E-state index contributed by atoms with van der Waals surface area (Å²) in [4.78, 5) is 14.4. The number of aliphatic hydroxyl groups excluding tert-OH is 1. The maximum Gasteiger partial charge on any atom is 0.224 e. The predicted octanol–water partition coefficient (Wildman–Crippen LogP) is 1.26. The fraction of sp³-hybridized carbons (Fsp3) is 0.929. The largest absolute Gasteiger partial charge is 0.393 e. The predicted molar refractivity (Wildman–Crippen MR) is 70.9 cm³/mol. The van der Waals surface area contributed by atoms with Gasteiger partial charge >= 0.3 is 0 Å². The summed E-state index contributed by atoms with van der Waals surface area (Å²) < 4.78 is 0. The number of amides is 1. The molecule has 0 saturated carbocycles. The van der Waals surface area contributed by atoms with Gasteiger partial charge in [-0.05, 0) is 31.1 Å². The van der Waals surface area contributed by atoms with E-state index in [-0.39, 0.29) is 35.6 Å². The van der Waals surface area contributed by atoms with Gasteiger partial charge in [-0.25, -0.2) is 0 Å². The molecule has 2 bridgehead atoms. The van der Waals surface area contributed by atoms with Crippen molar-refractivity contribution in [2.24, 2.45) is 11.1 Å². The van der Waals surface area contributed by atoms with Crippen LogP contribution in [-0.2, 0) is 4.79 Å². The third-order valence-electron chi connectivity index (χ3n) is 4.50. The molecule has 3 unspecified atom stereocenters. The highest BCUT2D eigenvalue weighted by Crippen LogP contribution is 2.36. The van der Waals surface area contributed by atoms with Crippen LogP contribution in [0.25, 0.3) is 0 Å². The van der Waals surface area contributed by atoms with Gasteiger partial charge < -0.3 is 15.7 Å². The van der Waals surface area contributed by atoms with Gasteiger partial charge in [0.05, 0.1) is 6.10 Å². The summed E-state index contributed by atoms with van der Waals surface area (Å²) in [7, 11) is 0. The molecule has 4 nitrogen and oxygen atoms in total. The van der Waals surface area contributed by atoms with Gasteiger partial charge in [0.2, 0.25) is 5.91 Å². The van der Waals surface area contributed by atoms with Crippen LogP contribution in [0.2, 0.25) is 0 Å². The molecule has 3 atom stereocenters. The van der Waals surface area contributed by atoms with Gasteiger partial charge in [0.15, 0.2) is 0 Å². The number of nitrogens with two attached hydrogens (primary N) is 1. The van der Waals surface area contributed by atoms with Crippen molar-refractivity contribution in [1.82, 2.24) is 4.90 Å². The van der Waals surface area contributed by atoms with Gasteiger partial charge in [0.25, 0.3) is 0 Å². The Hall–Kier alpha value is -0.610. The van der Waals surface area contributed by atoms with Gasteiger partial charge in [-0.2, -0.15) is 0 Å². The van der Waals surface area contributed by atoms with Gasteiger partial charge in [-0.1, -0.05) is 20.8 Å². The van der Waals surface area contributed by atoms with Crippen molar-refractivity contribution in [2.45, 2.75) is 77.1 Å². The number of nitrogens with zero attached hydrogens (tertiary/aromatic N) is 1. The fourth-order valence-corrected chi connectivity index (χ4v) is 3.16. The molecular formula is C14H26N2O2. The first kappa shape index (κ1) is 13.8. The number of carbonyl (C=O) groups is 1. The zero-order valence-electron chi connectivity index (χ0n) is 11.7. The van der Waals surface area contributed by atoms with Crippen LogP contribution in [-0.4, -0.2) is 40.1 Å². The Morgan fingerprint density at radius 2 is 1.83 bits per heavy atom. The second-order valence-corrected chi connectivity index (χ2v) is 6.99. The van der Waals surface area contributed by atoms with E-state index in [1.54, 1.807) is 0 Å². The molecule has 2 aliphatic heterocycles. The molecule has 4 heteroatoms. The molecule has 0 aliphatic carbocycles. The summed E-state index contributed by atoms with van der Waals surface area (Å²) in [6.45, 7) is 6.21. The lowest BCUT2D eigenvalue weighted by Crippen LogP contribution is -2.50. The number of piperidine rings is 1. The van der Waals surface area contributed by atoms with E-state index in [1.165, 1.54) is 0 Å². The zero-order chi connectivity index (χ0) is 13.5. The fourth-order valence-electron chi connectivity index (χ4n) is 3.16. The second kappa shape index (κ2) is 4.82. The van der Waals surface area contributed by atoms with E-state index in [2.05, 4.69) is 20.8 Å². The summed E-state index contributed by atoms with van der Waals surface area (Å²) in [5.41, 5.74) is 6.06. The average Bonchev–Trinajstić information content (AvgIpc) is 2.50. The zero-order valence-corrected chi connectivity index (χ0v) is 11.7. The molecule has 0 aromatic carbocycles. The molecule has 2 saturated heterocycles. The molecule has 2 fully saturated rings. The minimum atomic E-state index is -0.220. The average molecular weight is 254 g/mol. The molecule has 0 radical (unpaired) electrons. The Kier molecular flexibility index (Phi) is 3.70. The molecule has 1 amide bonds. The van der Waals surface area contributed by atoms with Crippen molar-refractivity contribution in [3.8, 4) is 0 Å². The molecule has 0 aromatic rings. The topological polar surface area (TPSA) is 66.6 Å². The quantitative estimate of drug-likeness (QED) is 0.779. The lowest BCUT2D eigenvalue weighted by atomic mass is 9.85. The molecule has 2 rings (SSSR count). The van der Waals surface area contributed by atoms with Crippen LogP contribution < -0.4 is 5.73 Å². The highest BCUT2D eigenvalue weighted by Gasteiger charge is 2.43. The Bertz CT molecular complexity index is 310. The second-order valence-electron chi connectivity index (χ2n) is 6.99. The smallest absolute Gasteiger partial charge is 0.224 e. The molecule has 18 heavy (non-hydrogen) atoms. The Balaban J connectivity index is 1.98. The van der Waals surface area contributed by atoms with Crippen LogP contribution in [0.15, 0.2) is 0 Å². The first-order valence-electron chi connectivity index (χ1n) is 7.04. The van der Waals surface area contributed by atoms with Crippen LogP contribution >= 0.6 is 0 Å². The monoisotopic (exact) mass is 254 g/mol. The van der Waals surface area contributed by atoms with Gasteiger partial charge in [-0.15, -0.1) is 0 Å². The van der Waals surface area contributed by atoms with Crippen molar-refractivity contribution >= 4 is 5.91 Å². The summed E-state index contributed by atoms with van der Waals surface area (Å²) in [5, 5.41) is 9.74. The molecule has 0 spiro atoms. The van der Waals surface area contributed by atoms with E-state index in [9.17, 15) is 9.90 Å². The Labute approximate surface area is 110 Å². The summed E-state index contributed by atoms with van der Waals surface area (Å²) in [5.74, 6) is 0.178. The van der Waals surface area contributed by atoms with E-state index in [1.807, 2.05) is 4.90 Å². The minimum Gasteiger partial charge on any atom is -0.393 e. The standard InChI is InChI=1S/C14H26N2O2/c1-14(2,3)12(15)8-13(18)16-9-4-5-10(16)7-11(17)6-9/h9-12,17H,4-8,15H2,1-3H3. The van der Waals surface area contributed by atoms with Gasteiger partial charge in [-0.3, -0.25) is 4.79 Å². The highest BCUT2D eigenvalue weighted by molar-refractivity contribution is 5.78. The number of fused-ring (bicyclic) bond motifs is 2. The van der Waals surface area contributed by atoms with Crippen molar-refractivity contribution in [3.05, 3.63) is 0 Å². The van der Waals surface area contributed by atoms with Crippen LogP contribution in [0.4, 0.5) is 0 Å².